The van der Waals surface area contributed by atoms with E-state index in [1.807, 2.05) is 25.1 Å². The van der Waals surface area contributed by atoms with Crippen LogP contribution in [0.4, 0.5) is 5.69 Å². The van der Waals surface area contributed by atoms with Gasteiger partial charge in [0.2, 0.25) is 0 Å². The molecule has 0 saturated carbocycles. The number of carbonyl (C=O) groups excluding carboxylic acids is 2. The second-order valence-electron chi connectivity index (χ2n) is 5.91. The molecule has 0 atom stereocenters. The van der Waals surface area contributed by atoms with E-state index >= 15 is 0 Å². The number of hydrogen-bond donors (Lipinski definition) is 1. The van der Waals surface area contributed by atoms with Crippen molar-refractivity contribution >= 4 is 40.1 Å². The summed E-state index contributed by atoms with van der Waals surface area (Å²) in [5, 5.41) is 3.99. The van der Waals surface area contributed by atoms with E-state index in [-0.39, 0.29) is 6.61 Å². The largest absolute Gasteiger partial charge is 0.452 e. The van der Waals surface area contributed by atoms with E-state index in [0.717, 1.165) is 5.56 Å². The fourth-order valence-electron chi connectivity index (χ4n) is 2.64. The summed E-state index contributed by atoms with van der Waals surface area (Å²) in [5.41, 5.74) is 3.26. The summed E-state index contributed by atoms with van der Waals surface area (Å²) in [4.78, 5) is 28.9. The lowest BCUT2D eigenvalue weighted by Gasteiger charge is -2.10. The molecule has 0 fully saturated rings. The summed E-state index contributed by atoms with van der Waals surface area (Å²) in [6, 6.07) is 14.1. The lowest BCUT2D eigenvalue weighted by atomic mass is 10.1. The number of aromatic nitrogens is 1. The monoisotopic (exact) mass is 368 g/mol. The van der Waals surface area contributed by atoms with Crippen LogP contribution in [-0.2, 0) is 9.53 Å². The molecule has 0 aliphatic heterocycles. The van der Waals surface area contributed by atoms with Crippen LogP contribution in [-0.4, -0.2) is 23.5 Å². The third-order valence-corrected chi connectivity index (χ3v) is 4.10. The second-order valence-corrected chi connectivity index (χ2v) is 6.35. The molecule has 0 saturated heterocycles. The number of ether oxygens (including phenoxy) is 1. The highest BCUT2D eigenvalue weighted by Crippen LogP contribution is 2.20. The predicted octanol–water partition coefficient (Wildman–Crippen LogP) is 4.30. The van der Waals surface area contributed by atoms with Crippen LogP contribution in [0.15, 0.2) is 48.5 Å². The Bertz CT molecular complexity index is 1000. The van der Waals surface area contributed by atoms with Gasteiger partial charge in [0.25, 0.3) is 5.91 Å². The van der Waals surface area contributed by atoms with Gasteiger partial charge in [-0.25, -0.2) is 4.79 Å². The number of fused-ring (bicyclic) bond motifs is 1. The third-order valence-electron chi connectivity index (χ3n) is 3.86. The molecule has 26 heavy (non-hydrogen) atoms. The van der Waals surface area contributed by atoms with E-state index in [2.05, 4.69) is 10.3 Å². The van der Waals surface area contributed by atoms with Gasteiger partial charge >= 0.3 is 5.97 Å². The van der Waals surface area contributed by atoms with Gasteiger partial charge in [-0.1, -0.05) is 29.8 Å². The van der Waals surface area contributed by atoms with Crippen LogP contribution >= 0.6 is 11.6 Å². The van der Waals surface area contributed by atoms with Crippen molar-refractivity contribution in [2.45, 2.75) is 13.8 Å². The Labute approximate surface area is 156 Å². The van der Waals surface area contributed by atoms with Gasteiger partial charge in [-0.3, -0.25) is 9.78 Å². The third kappa shape index (κ3) is 4.00. The maximum Gasteiger partial charge on any atom is 0.339 e. The second kappa shape index (κ2) is 7.54. The summed E-state index contributed by atoms with van der Waals surface area (Å²) in [6.45, 7) is 3.26. The molecule has 132 valence electrons. The Balaban J connectivity index is 1.70. The van der Waals surface area contributed by atoms with Gasteiger partial charge < -0.3 is 10.1 Å². The SMILES string of the molecule is Cc1cc(C(=O)OCC(=O)Nc2ccc(Cl)cc2C)c2ccccc2n1. The number of carbonyl (C=O) groups is 2. The van der Waals surface area contributed by atoms with E-state index in [9.17, 15) is 9.59 Å². The first kappa shape index (κ1) is 17.9. The Hall–Kier alpha value is -2.92. The minimum atomic E-state index is -0.560. The average Bonchev–Trinajstić information content (AvgIpc) is 2.61. The number of hydrogen-bond acceptors (Lipinski definition) is 4. The Morgan fingerprint density at radius 2 is 1.88 bits per heavy atom. The number of rotatable bonds is 4. The molecule has 0 aliphatic rings. The molecule has 1 N–H and O–H groups in total. The van der Waals surface area contributed by atoms with Crippen LogP contribution in [0.1, 0.15) is 21.6 Å². The van der Waals surface area contributed by atoms with Gasteiger partial charge in [-0.2, -0.15) is 0 Å². The molecule has 6 heteroatoms. The molecule has 0 spiro atoms. The van der Waals surface area contributed by atoms with Crippen LogP contribution in [0.3, 0.4) is 0 Å². The van der Waals surface area contributed by atoms with Crippen LogP contribution in [0.5, 0.6) is 0 Å². The maximum atomic E-state index is 12.4. The Morgan fingerprint density at radius 1 is 1.12 bits per heavy atom. The van der Waals surface area contributed by atoms with Crippen LogP contribution < -0.4 is 5.32 Å². The first-order chi connectivity index (χ1) is 12.4. The number of pyridine rings is 1. The quantitative estimate of drug-likeness (QED) is 0.697. The number of aryl methyl sites for hydroxylation is 2. The summed E-state index contributed by atoms with van der Waals surface area (Å²) in [5.74, 6) is -0.978. The average molecular weight is 369 g/mol. The van der Waals surface area contributed by atoms with Crippen molar-refractivity contribution in [2.24, 2.45) is 0 Å². The smallest absolute Gasteiger partial charge is 0.339 e. The molecule has 0 unspecified atom stereocenters. The minimum absolute atomic E-state index is 0.378. The molecule has 0 bridgehead atoms. The maximum absolute atomic E-state index is 12.4. The molecule has 3 rings (SSSR count). The van der Waals surface area contributed by atoms with Crippen molar-refractivity contribution in [3.8, 4) is 0 Å². The van der Waals surface area contributed by atoms with E-state index < -0.39 is 11.9 Å². The summed E-state index contributed by atoms with van der Waals surface area (Å²) < 4.78 is 5.18. The highest BCUT2D eigenvalue weighted by Gasteiger charge is 2.15. The molecule has 0 aliphatic carbocycles. The van der Waals surface area contributed by atoms with E-state index in [4.69, 9.17) is 16.3 Å². The summed E-state index contributed by atoms with van der Waals surface area (Å²) >= 11 is 5.90. The van der Waals surface area contributed by atoms with E-state index in [1.54, 1.807) is 37.3 Å². The standard InChI is InChI=1S/C20H17ClN2O3/c1-12-9-14(21)7-8-17(12)23-19(24)11-26-20(25)16-10-13(2)22-18-6-4-3-5-15(16)18/h3-10H,11H2,1-2H3,(H,23,24). The fraction of sp³-hybridized carbons (Fsp3) is 0.150. The number of amides is 1. The van der Waals surface area contributed by atoms with Gasteiger partial charge in [0, 0.05) is 21.8 Å². The number of nitrogens with one attached hydrogen (secondary N) is 1. The van der Waals surface area contributed by atoms with Gasteiger partial charge in [-0.05, 0) is 49.7 Å². The first-order valence-corrected chi connectivity index (χ1v) is 8.41. The normalized spacial score (nSPS) is 10.6. The summed E-state index contributed by atoms with van der Waals surface area (Å²) in [7, 11) is 0. The molecule has 1 aromatic heterocycles. The molecule has 0 radical (unpaired) electrons. The lowest BCUT2D eigenvalue weighted by Crippen LogP contribution is -2.21. The van der Waals surface area contributed by atoms with Crippen molar-refractivity contribution in [3.05, 3.63) is 70.4 Å². The fourth-order valence-corrected chi connectivity index (χ4v) is 2.87. The highest BCUT2D eigenvalue weighted by molar-refractivity contribution is 6.30. The predicted molar refractivity (Wildman–Crippen MR) is 102 cm³/mol. The highest BCUT2D eigenvalue weighted by atomic mass is 35.5. The van der Waals surface area contributed by atoms with Gasteiger partial charge in [0.1, 0.15) is 0 Å². The zero-order chi connectivity index (χ0) is 18.7. The van der Waals surface area contributed by atoms with Crippen molar-refractivity contribution < 1.29 is 14.3 Å². The van der Waals surface area contributed by atoms with Crippen molar-refractivity contribution in [1.82, 2.24) is 4.98 Å². The number of benzene rings is 2. The molecule has 3 aromatic rings. The van der Waals surface area contributed by atoms with Crippen molar-refractivity contribution in [3.63, 3.8) is 0 Å². The molecular weight excluding hydrogens is 352 g/mol. The minimum Gasteiger partial charge on any atom is -0.452 e. The molecular formula is C20H17ClN2O3. The Kier molecular flexibility index (Phi) is 5.19. The topological polar surface area (TPSA) is 68.3 Å². The number of halogens is 1. The van der Waals surface area contributed by atoms with Gasteiger partial charge in [0.15, 0.2) is 6.61 Å². The van der Waals surface area contributed by atoms with Crippen LogP contribution in [0, 0.1) is 13.8 Å². The number of nitrogens with zero attached hydrogens (tertiary/aromatic N) is 1. The molecule has 5 nitrogen and oxygen atoms in total. The number of para-hydroxylation sites is 1. The lowest BCUT2D eigenvalue weighted by molar-refractivity contribution is -0.119. The van der Waals surface area contributed by atoms with Gasteiger partial charge in [0.05, 0.1) is 11.1 Å². The van der Waals surface area contributed by atoms with E-state index in [1.165, 1.54) is 0 Å². The van der Waals surface area contributed by atoms with Crippen molar-refractivity contribution in [1.29, 1.82) is 0 Å². The van der Waals surface area contributed by atoms with Gasteiger partial charge in [-0.15, -0.1) is 0 Å². The number of esters is 1. The van der Waals surface area contributed by atoms with Crippen molar-refractivity contribution in [2.75, 3.05) is 11.9 Å². The zero-order valence-corrected chi connectivity index (χ0v) is 15.1. The first-order valence-electron chi connectivity index (χ1n) is 8.03. The zero-order valence-electron chi connectivity index (χ0n) is 14.4. The molecule has 2 aromatic carbocycles. The van der Waals surface area contributed by atoms with Crippen LogP contribution in [0.25, 0.3) is 10.9 Å². The van der Waals surface area contributed by atoms with E-state index in [0.29, 0.717) is 32.9 Å². The van der Waals surface area contributed by atoms with Crippen LogP contribution in [0.2, 0.25) is 5.02 Å². The molecule has 1 amide bonds. The number of anilines is 1. The molecule has 1 heterocycles. The summed E-state index contributed by atoms with van der Waals surface area (Å²) in [6.07, 6.45) is 0. The Morgan fingerprint density at radius 3 is 2.65 bits per heavy atom.